The molecule has 2 rings (SSSR count). The second kappa shape index (κ2) is 6.39. The lowest BCUT2D eigenvalue weighted by atomic mass is 10.1. The summed E-state index contributed by atoms with van der Waals surface area (Å²) in [6.07, 6.45) is 0. The molecule has 116 valence electrons. The summed E-state index contributed by atoms with van der Waals surface area (Å²) >= 11 is 0. The topological polar surface area (TPSA) is 67.8 Å². The molecule has 2 N–H and O–H groups in total. The van der Waals surface area contributed by atoms with Crippen LogP contribution < -0.4 is 14.8 Å². The zero-order valence-electron chi connectivity index (χ0n) is 13.1. The summed E-state index contributed by atoms with van der Waals surface area (Å²) in [5, 5.41) is 12.5. The van der Waals surface area contributed by atoms with E-state index in [0.29, 0.717) is 28.3 Å². The number of benzene rings is 2. The molecule has 2 aromatic rings. The molecule has 2 aromatic carbocycles. The lowest BCUT2D eigenvalue weighted by Crippen LogP contribution is -2.13. The van der Waals surface area contributed by atoms with Crippen LogP contribution in [-0.4, -0.2) is 25.2 Å². The number of rotatable bonds is 4. The first kappa shape index (κ1) is 15.7. The van der Waals surface area contributed by atoms with Gasteiger partial charge in [0, 0.05) is 11.3 Å². The summed E-state index contributed by atoms with van der Waals surface area (Å²) in [5.41, 5.74) is 2.61. The first-order valence-corrected chi connectivity index (χ1v) is 6.80. The Hall–Kier alpha value is -2.69. The van der Waals surface area contributed by atoms with Crippen molar-refractivity contribution in [1.29, 1.82) is 0 Å². The highest BCUT2D eigenvalue weighted by Gasteiger charge is 2.12. The minimum Gasteiger partial charge on any atom is -0.508 e. The van der Waals surface area contributed by atoms with Gasteiger partial charge < -0.3 is 19.9 Å². The fraction of sp³-hybridized carbons (Fsp3) is 0.235. The number of carbonyl (C=O) groups is 1. The number of carbonyl (C=O) groups excluding carboxylic acids is 1. The molecule has 0 atom stereocenters. The molecule has 0 aliphatic carbocycles. The molecule has 0 radical (unpaired) electrons. The van der Waals surface area contributed by atoms with Gasteiger partial charge in [0.15, 0.2) is 11.5 Å². The number of hydrogen-bond donors (Lipinski definition) is 2. The van der Waals surface area contributed by atoms with E-state index < -0.39 is 0 Å². The lowest BCUT2D eigenvalue weighted by Gasteiger charge is -2.12. The quantitative estimate of drug-likeness (QED) is 0.850. The predicted octanol–water partition coefficient (Wildman–Crippen LogP) is 3.28. The van der Waals surface area contributed by atoms with E-state index in [9.17, 15) is 9.90 Å². The molecule has 0 aromatic heterocycles. The lowest BCUT2D eigenvalue weighted by molar-refractivity contribution is 0.102. The summed E-state index contributed by atoms with van der Waals surface area (Å²) in [5.74, 6) is 1.01. The third-order valence-electron chi connectivity index (χ3n) is 3.44. The third-order valence-corrected chi connectivity index (χ3v) is 3.44. The Morgan fingerprint density at radius 3 is 2.32 bits per heavy atom. The summed E-state index contributed by atoms with van der Waals surface area (Å²) in [4.78, 5) is 12.4. The fourth-order valence-corrected chi connectivity index (χ4v) is 2.11. The van der Waals surface area contributed by atoms with E-state index >= 15 is 0 Å². The van der Waals surface area contributed by atoms with Crippen molar-refractivity contribution in [3.8, 4) is 17.2 Å². The van der Waals surface area contributed by atoms with E-state index in [1.54, 1.807) is 44.4 Å². The molecule has 0 aliphatic rings. The van der Waals surface area contributed by atoms with Crippen LogP contribution in [0, 0.1) is 13.8 Å². The average molecular weight is 301 g/mol. The highest BCUT2D eigenvalue weighted by Crippen LogP contribution is 2.29. The molecule has 22 heavy (non-hydrogen) atoms. The van der Waals surface area contributed by atoms with Crippen molar-refractivity contribution >= 4 is 11.6 Å². The molecule has 1 amide bonds. The zero-order valence-corrected chi connectivity index (χ0v) is 13.1. The van der Waals surface area contributed by atoms with Gasteiger partial charge in [0.25, 0.3) is 5.91 Å². The Morgan fingerprint density at radius 1 is 1.00 bits per heavy atom. The predicted molar refractivity (Wildman–Crippen MR) is 85.1 cm³/mol. The molecule has 5 heteroatoms. The van der Waals surface area contributed by atoms with Gasteiger partial charge in [0.1, 0.15) is 5.75 Å². The largest absolute Gasteiger partial charge is 0.508 e. The van der Waals surface area contributed by atoms with E-state index in [0.717, 1.165) is 5.56 Å². The first-order chi connectivity index (χ1) is 10.5. The Kier molecular flexibility index (Phi) is 4.56. The minimum absolute atomic E-state index is 0.210. The summed E-state index contributed by atoms with van der Waals surface area (Å²) in [7, 11) is 3.06. The van der Waals surface area contributed by atoms with Crippen molar-refractivity contribution < 1.29 is 19.4 Å². The van der Waals surface area contributed by atoms with Gasteiger partial charge in [-0.3, -0.25) is 4.79 Å². The Bertz CT molecular complexity index is 710. The molecule has 0 fully saturated rings. The smallest absolute Gasteiger partial charge is 0.255 e. The third kappa shape index (κ3) is 3.14. The molecule has 5 nitrogen and oxygen atoms in total. The number of nitrogens with one attached hydrogen (secondary N) is 1. The number of phenols is 1. The van der Waals surface area contributed by atoms with Crippen molar-refractivity contribution in [3.05, 3.63) is 47.0 Å². The monoisotopic (exact) mass is 301 g/mol. The maximum absolute atomic E-state index is 12.4. The summed E-state index contributed by atoms with van der Waals surface area (Å²) in [6.45, 7) is 3.60. The standard InChI is InChI=1S/C17H19NO4/c1-10-8-14(19)11(2)7-13(10)18-17(20)12-5-6-15(21-3)16(9-12)22-4/h5-9,19H,1-4H3,(H,18,20). The van der Waals surface area contributed by atoms with Crippen LogP contribution >= 0.6 is 0 Å². The minimum atomic E-state index is -0.255. The number of anilines is 1. The number of aryl methyl sites for hydroxylation is 2. The van der Waals surface area contributed by atoms with Crippen molar-refractivity contribution in [2.75, 3.05) is 19.5 Å². The van der Waals surface area contributed by atoms with Crippen LogP contribution in [0.4, 0.5) is 5.69 Å². The molecule has 0 bridgehead atoms. The van der Waals surface area contributed by atoms with Crippen molar-refractivity contribution in [2.45, 2.75) is 13.8 Å². The molecule has 0 saturated heterocycles. The van der Waals surface area contributed by atoms with Crippen LogP contribution in [0.1, 0.15) is 21.5 Å². The van der Waals surface area contributed by atoms with E-state index in [1.807, 2.05) is 6.92 Å². The van der Waals surface area contributed by atoms with E-state index in [1.165, 1.54) is 7.11 Å². The number of methoxy groups -OCH3 is 2. The number of aromatic hydroxyl groups is 1. The van der Waals surface area contributed by atoms with Crippen molar-refractivity contribution in [2.24, 2.45) is 0 Å². The molecule has 0 spiro atoms. The first-order valence-electron chi connectivity index (χ1n) is 6.80. The van der Waals surface area contributed by atoms with E-state index in [-0.39, 0.29) is 11.7 Å². The van der Waals surface area contributed by atoms with Crippen LogP contribution in [0.3, 0.4) is 0 Å². The summed E-state index contributed by atoms with van der Waals surface area (Å²) < 4.78 is 10.4. The normalized spacial score (nSPS) is 10.2. The van der Waals surface area contributed by atoms with Crippen LogP contribution in [0.5, 0.6) is 17.2 Å². The zero-order chi connectivity index (χ0) is 16.3. The Labute approximate surface area is 129 Å². The fourth-order valence-electron chi connectivity index (χ4n) is 2.11. The van der Waals surface area contributed by atoms with E-state index in [4.69, 9.17) is 9.47 Å². The SMILES string of the molecule is COc1ccc(C(=O)Nc2cc(C)c(O)cc2C)cc1OC. The number of amides is 1. The van der Waals surface area contributed by atoms with Crippen molar-refractivity contribution in [1.82, 2.24) is 0 Å². The highest BCUT2D eigenvalue weighted by atomic mass is 16.5. The van der Waals surface area contributed by atoms with Gasteiger partial charge in [-0.05, 0) is 55.3 Å². The Balaban J connectivity index is 2.28. The van der Waals surface area contributed by atoms with Crippen LogP contribution in [0.2, 0.25) is 0 Å². The van der Waals surface area contributed by atoms with Gasteiger partial charge >= 0.3 is 0 Å². The van der Waals surface area contributed by atoms with Crippen molar-refractivity contribution in [3.63, 3.8) is 0 Å². The molecular formula is C17H19NO4. The van der Waals surface area contributed by atoms with Gasteiger partial charge in [-0.15, -0.1) is 0 Å². The Morgan fingerprint density at radius 2 is 1.68 bits per heavy atom. The highest BCUT2D eigenvalue weighted by molar-refractivity contribution is 6.05. The van der Waals surface area contributed by atoms with Crippen LogP contribution in [0.25, 0.3) is 0 Å². The van der Waals surface area contributed by atoms with E-state index in [2.05, 4.69) is 5.32 Å². The summed E-state index contributed by atoms with van der Waals surface area (Å²) in [6, 6.07) is 8.33. The maximum atomic E-state index is 12.4. The molecule has 0 aliphatic heterocycles. The maximum Gasteiger partial charge on any atom is 0.255 e. The van der Waals surface area contributed by atoms with Gasteiger partial charge in [-0.2, -0.15) is 0 Å². The van der Waals surface area contributed by atoms with Gasteiger partial charge in [-0.1, -0.05) is 0 Å². The van der Waals surface area contributed by atoms with Gasteiger partial charge in [0.05, 0.1) is 14.2 Å². The molecule has 0 saturated carbocycles. The number of hydrogen-bond acceptors (Lipinski definition) is 4. The second-order valence-electron chi connectivity index (χ2n) is 4.98. The average Bonchev–Trinajstić information content (AvgIpc) is 2.51. The van der Waals surface area contributed by atoms with Gasteiger partial charge in [0.2, 0.25) is 0 Å². The molecule has 0 heterocycles. The molecule has 0 unspecified atom stereocenters. The number of phenolic OH excluding ortho intramolecular Hbond substituents is 1. The molecular weight excluding hydrogens is 282 g/mol. The van der Waals surface area contributed by atoms with Crippen LogP contribution in [0.15, 0.2) is 30.3 Å². The van der Waals surface area contributed by atoms with Gasteiger partial charge in [-0.25, -0.2) is 0 Å². The second-order valence-corrected chi connectivity index (χ2v) is 4.98. The number of ether oxygens (including phenoxy) is 2. The van der Waals surface area contributed by atoms with Crippen LogP contribution in [-0.2, 0) is 0 Å².